The summed E-state index contributed by atoms with van der Waals surface area (Å²) in [7, 11) is 0. The minimum Gasteiger partial charge on any atom is -0.208 e. The Labute approximate surface area is 379 Å². The average molecular weight is 828 g/mol. The highest BCUT2D eigenvalue weighted by molar-refractivity contribution is 5.98. The number of hydrogen-bond donors (Lipinski definition) is 0. The maximum atomic E-state index is 5.30. The predicted octanol–water partition coefficient (Wildman–Crippen LogP) is 15.4. The molecule has 1 aromatic heterocycles. The zero-order valence-electron chi connectivity index (χ0n) is 35.5. The minimum atomic E-state index is -0.524. The second-order valence-electron chi connectivity index (χ2n) is 16.7. The van der Waals surface area contributed by atoms with Crippen LogP contribution in [0.15, 0.2) is 249 Å². The van der Waals surface area contributed by atoms with Gasteiger partial charge in [-0.05, 0) is 102 Å². The number of fused-ring (bicyclic) bond motifs is 4. The summed E-state index contributed by atoms with van der Waals surface area (Å²) < 4.78 is 0. The van der Waals surface area contributed by atoms with Gasteiger partial charge >= 0.3 is 0 Å². The molecule has 11 aromatic rings. The first kappa shape index (κ1) is 38.2. The zero-order chi connectivity index (χ0) is 43.2. The van der Waals surface area contributed by atoms with Gasteiger partial charge in [-0.15, -0.1) is 0 Å². The molecule has 1 aliphatic carbocycles. The molecule has 12 rings (SSSR count). The normalized spacial score (nSPS) is 12.4. The topological polar surface area (TPSA) is 38.7 Å². The molecule has 1 aliphatic rings. The maximum absolute atomic E-state index is 5.30. The quantitative estimate of drug-likeness (QED) is 0.153. The van der Waals surface area contributed by atoms with Crippen molar-refractivity contribution in [3.63, 3.8) is 0 Å². The molecular formula is C62H41N3. The SMILES string of the molecule is c1ccc(-c2ccc(-c3nc(-c4ccccc4)nc(-c4cc(-c5ccc6c(c5)C(c5ccccc5)(c5ccccc5)c5ccccc5-6)cc(-c5cccc6ccccc56)c4)n3)cc2)cc1. The Balaban J connectivity index is 1.09. The zero-order valence-corrected chi connectivity index (χ0v) is 35.5. The van der Waals surface area contributed by atoms with Gasteiger partial charge in [0, 0.05) is 16.7 Å². The molecule has 0 bridgehead atoms. The molecule has 0 spiro atoms. The van der Waals surface area contributed by atoms with Gasteiger partial charge < -0.3 is 0 Å². The van der Waals surface area contributed by atoms with E-state index < -0.39 is 5.41 Å². The maximum Gasteiger partial charge on any atom is 0.164 e. The van der Waals surface area contributed by atoms with Crippen molar-refractivity contribution in [3.8, 4) is 78.7 Å². The van der Waals surface area contributed by atoms with Gasteiger partial charge in [0.2, 0.25) is 0 Å². The van der Waals surface area contributed by atoms with Crippen LogP contribution in [-0.4, -0.2) is 15.0 Å². The summed E-state index contributed by atoms with van der Waals surface area (Å²) in [6.07, 6.45) is 0. The number of rotatable bonds is 8. The Hall–Kier alpha value is -8.53. The minimum absolute atomic E-state index is 0.524. The molecule has 0 N–H and O–H groups in total. The van der Waals surface area contributed by atoms with E-state index in [9.17, 15) is 0 Å². The van der Waals surface area contributed by atoms with Gasteiger partial charge in [0.1, 0.15) is 0 Å². The van der Waals surface area contributed by atoms with Crippen LogP contribution in [0.25, 0.3) is 89.4 Å². The molecule has 0 saturated carbocycles. The van der Waals surface area contributed by atoms with Crippen LogP contribution in [0.5, 0.6) is 0 Å². The van der Waals surface area contributed by atoms with E-state index in [4.69, 9.17) is 15.0 Å². The van der Waals surface area contributed by atoms with E-state index in [-0.39, 0.29) is 0 Å². The van der Waals surface area contributed by atoms with Crippen molar-refractivity contribution >= 4 is 10.8 Å². The van der Waals surface area contributed by atoms with Crippen molar-refractivity contribution in [3.05, 3.63) is 271 Å². The molecule has 0 atom stereocenters. The van der Waals surface area contributed by atoms with Gasteiger partial charge in [-0.3, -0.25) is 0 Å². The van der Waals surface area contributed by atoms with E-state index in [2.05, 4.69) is 224 Å². The van der Waals surface area contributed by atoms with Crippen molar-refractivity contribution in [2.24, 2.45) is 0 Å². The van der Waals surface area contributed by atoms with Crippen LogP contribution in [-0.2, 0) is 5.41 Å². The van der Waals surface area contributed by atoms with Gasteiger partial charge in [-0.2, -0.15) is 0 Å². The molecule has 0 unspecified atom stereocenters. The summed E-state index contributed by atoms with van der Waals surface area (Å²) in [5.41, 5.74) is 16.5. The average Bonchev–Trinajstić information content (AvgIpc) is 3.69. The van der Waals surface area contributed by atoms with E-state index in [0.717, 1.165) is 44.5 Å². The number of aromatic nitrogens is 3. The van der Waals surface area contributed by atoms with Crippen molar-refractivity contribution in [2.75, 3.05) is 0 Å². The molecule has 3 nitrogen and oxygen atoms in total. The van der Waals surface area contributed by atoms with Crippen molar-refractivity contribution < 1.29 is 0 Å². The second kappa shape index (κ2) is 16.0. The van der Waals surface area contributed by atoms with E-state index in [1.807, 2.05) is 24.3 Å². The summed E-state index contributed by atoms with van der Waals surface area (Å²) >= 11 is 0. The highest BCUT2D eigenvalue weighted by atomic mass is 15.0. The lowest BCUT2D eigenvalue weighted by molar-refractivity contribution is 0.769. The number of benzene rings is 10. The standard InChI is InChI=1S/C62H41N3/c1-5-18-42(19-6-1)43-32-34-46(35-33-43)60-63-59(45-21-7-2-8-22-45)64-61(65-60)50-39-48(38-49(40-50)54-30-17-23-44-20-13-14-28-53(44)54)47-36-37-56-55-29-15-16-31-57(55)62(58(56)41-47,51-24-9-3-10-25-51)52-26-11-4-12-27-52/h1-41H. The van der Waals surface area contributed by atoms with Crippen molar-refractivity contribution in [1.82, 2.24) is 15.0 Å². The molecule has 3 heteroatoms. The van der Waals surface area contributed by atoms with E-state index in [1.165, 1.54) is 49.7 Å². The van der Waals surface area contributed by atoms with E-state index >= 15 is 0 Å². The van der Waals surface area contributed by atoms with Crippen LogP contribution in [0.4, 0.5) is 0 Å². The second-order valence-corrected chi connectivity index (χ2v) is 16.7. The largest absolute Gasteiger partial charge is 0.208 e. The van der Waals surface area contributed by atoms with Gasteiger partial charge in [0.25, 0.3) is 0 Å². The monoisotopic (exact) mass is 827 g/mol. The Morgan fingerprint density at radius 3 is 1.38 bits per heavy atom. The lowest BCUT2D eigenvalue weighted by atomic mass is 9.67. The third-order valence-electron chi connectivity index (χ3n) is 13.0. The predicted molar refractivity (Wildman–Crippen MR) is 267 cm³/mol. The first-order valence-corrected chi connectivity index (χ1v) is 22.2. The Morgan fingerprint density at radius 2 is 0.692 bits per heavy atom. The van der Waals surface area contributed by atoms with Crippen LogP contribution in [0.3, 0.4) is 0 Å². The fourth-order valence-electron chi connectivity index (χ4n) is 9.97. The first-order chi connectivity index (χ1) is 32.2. The lowest BCUT2D eigenvalue weighted by Gasteiger charge is -2.34. The van der Waals surface area contributed by atoms with Crippen LogP contribution < -0.4 is 0 Å². The fourth-order valence-corrected chi connectivity index (χ4v) is 9.97. The molecule has 0 amide bonds. The van der Waals surface area contributed by atoms with E-state index in [0.29, 0.717) is 17.5 Å². The molecule has 10 aromatic carbocycles. The highest BCUT2D eigenvalue weighted by Gasteiger charge is 2.46. The number of hydrogen-bond acceptors (Lipinski definition) is 3. The Kier molecular flexibility index (Phi) is 9.39. The molecule has 0 radical (unpaired) electrons. The third-order valence-corrected chi connectivity index (χ3v) is 13.0. The third kappa shape index (κ3) is 6.65. The Bertz CT molecular complexity index is 3470. The van der Waals surface area contributed by atoms with Crippen molar-refractivity contribution in [1.29, 1.82) is 0 Å². The van der Waals surface area contributed by atoms with Crippen LogP contribution in [0, 0.1) is 0 Å². The summed E-state index contributed by atoms with van der Waals surface area (Å²) in [6.45, 7) is 0. The lowest BCUT2D eigenvalue weighted by Crippen LogP contribution is -2.28. The summed E-state index contributed by atoms with van der Waals surface area (Å²) in [5.74, 6) is 1.86. The van der Waals surface area contributed by atoms with E-state index in [1.54, 1.807) is 0 Å². The summed E-state index contributed by atoms with van der Waals surface area (Å²) in [5, 5.41) is 2.38. The summed E-state index contributed by atoms with van der Waals surface area (Å²) in [4.78, 5) is 15.7. The van der Waals surface area contributed by atoms with Crippen molar-refractivity contribution in [2.45, 2.75) is 5.41 Å². The molecule has 0 saturated heterocycles. The first-order valence-electron chi connectivity index (χ1n) is 22.2. The highest BCUT2D eigenvalue weighted by Crippen LogP contribution is 2.56. The molecule has 304 valence electrons. The summed E-state index contributed by atoms with van der Waals surface area (Å²) in [6, 6.07) is 89.2. The molecular weight excluding hydrogens is 787 g/mol. The van der Waals surface area contributed by atoms with Crippen LogP contribution >= 0.6 is 0 Å². The molecule has 0 aliphatic heterocycles. The Morgan fingerprint density at radius 1 is 0.246 bits per heavy atom. The molecule has 65 heavy (non-hydrogen) atoms. The van der Waals surface area contributed by atoms with Crippen LogP contribution in [0.1, 0.15) is 22.3 Å². The molecule has 0 fully saturated rings. The fraction of sp³-hybridized carbons (Fsp3) is 0.0161. The van der Waals surface area contributed by atoms with Gasteiger partial charge in [-0.1, -0.05) is 224 Å². The van der Waals surface area contributed by atoms with Gasteiger partial charge in [-0.25, -0.2) is 15.0 Å². The number of nitrogens with zero attached hydrogens (tertiary/aromatic N) is 3. The van der Waals surface area contributed by atoms with Crippen LogP contribution in [0.2, 0.25) is 0 Å². The molecule has 1 heterocycles. The van der Waals surface area contributed by atoms with Gasteiger partial charge in [0.15, 0.2) is 17.5 Å². The smallest absolute Gasteiger partial charge is 0.164 e. The van der Waals surface area contributed by atoms with Gasteiger partial charge in [0.05, 0.1) is 5.41 Å².